The van der Waals surface area contributed by atoms with Gasteiger partial charge in [0.15, 0.2) is 0 Å². The van der Waals surface area contributed by atoms with Gasteiger partial charge in [-0.25, -0.2) is 18.1 Å². The van der Waals surface area contributed by atoms with Gasteiger partial charge < -0.3 is 10.1 Å². The maximum absolute atomic E-state index is 13.6. The summed E-state index contributed by atoms with van der Waals surface area (Å²) in [7, 11) is -3.90. The summed E-state index contributed by atoms with van der Waals surface area (Å²) in [6.07, 6.45) is 3.33. The molecule has 0 radical (unpaired) electrons. The Labute approximate surface area is 231 Å². The highest BCUT2D eigenvalue weighted by Crippen LogP contribution is 2.56. The third-order valence-corrected chi connectivity index (χ3v) is 10.2. The van der Waals surface area contributed by atoms with E-state index in [0.29, 0.717) is 35.4 Å². The van der Waals surface area contributed by atoms with Crippen LogP contribution in [0.15, 0.2) is 53.4 Å². The SMILES string of the molecule is Cc1cccc(C)c1-c1cc2nc(n1)NS(=O)(=O)c1cccc(c1)C(C1CC3(CNC3)C1)[C@H](CC(C)C)CO2. The summed E-state index contributed by atoms with van der Waals surface area (Å²) in [5.41, 5.74) is 5.23. The minimum atomic E-state index is -3.90. The van der Waals surface area contributed by atoms with Crippen LogP contribution in [0.4, 0.5) is 5.95 Å². The lowest BCUT2D eigenvalue weighted by molar-refractivity contribution is -0.0282. The third kappa shape index (κ3) is 5.05. The molecular weight excluding hydrogens is 508 g/mol. The first-order valence-corrected chi connectivity index (χ1v) is 15.5. The van der Waals surface area contributed by atoms with E-state index in [2.05, 4.69) is 39.9 Å². The Bertz CT molecular complexity index is 1470. The Balaban J connectivity index is 1.46. The van der Waals surface area contributed by atoms with Crippen LogP contribution in [0.1, 0.15) is 55.7 Å². The van der Waals surface area contributed by atoms with E-state index in [1.807, 2.05) is 50.2 Å². The quantitative estimate of drug-likeness (QED) is 0.436. The largest absolute Gasteiger partial charge is 0.477 e. The number of hydrogen-bond donors (Lipinski definition) is 2. The minimum Gasteiger partial charge on any atom is -0.477 e. The average molecular weight is 547 g/mol. The van der Waals surface area contributed by atoms with Gasteiger partial charge in [-0.3, -0.25) is 0 Å². The van der Waals surface area contributed by atoms with Crippen molar-refractivity contribution in [3.8, 4) is 17.1 Å². The van der Waals surface area contributed by atoms with Crippen molar-refractivity contribution in [1.29, 1.82) is 0 Å². The lowest BCUT2D eigenvalue weighted by Gasteiger charge is -2.57. The summed E-state index contributed by atoms with van der Waals surface area (Å²) < 4.78 is 36.3. The van der Waals surface area contributed by atoms with E-state index < -0.39 is 10.0 Å². The molecule has 2 fully saturated rings. The predicted molar refractivity (Wildman–Crippen MR) is 153 cm³/mol. The molecule has 1 saturated carbocycles. The summed E-state index contributed by atoms with van der Waals surface area (Å²) in [6, 6.07) is 15.4. The molecule has 3 aromatic rings. The Morgan fingerprint density at radius 3 is 2.41 bits per heavy atom. The Morgan fingerprint density at radius 2 is 1.74 bits per heavy atom. The first-order chi connectivity index (χ1) is 18.6. The number of sulfonamides is 1. The van der Waals surface area contributed by atoms with E-state index in [1.54, 1.807) is 6.07 Å². The van der Waals surface area contributed by atoms with Crippen LogP contribution < -0.4 is 14.8 Å². The van der Waals surface area contributed by atoms with Gasteiger partial charge in [-0.1, -0.05) is 44.2 Å². The molecule has 3 heterocycles. The van der Waals surface area contributed by atoms with Crippen molar-refractivity contribution in [1.82, 2.24) is 15.3 Å². The molecule has 6 rings (SSSR count). The number of aryl methyl sites for hydroxylation is 2. The van der Waals surface area contributed by atoms with Crippen molar-refractivity contribution >= 4 is 16.0 Å². The molecule has 1 aromatic heterocycles. The second-order valence-electron chi connectivity index (χ2n) is 12.4. The number of anilines is 1. The van der Waals surface area contributed by atoms with Gasteiger partial charge in [0.1, 0.15) is 0 Å². The molecule has 1 aliphatic carbocycles. The molecule has 206 valence electrons. The highest BCUT2D eigenvalue weighted by Gasteiger charge is 2.52. The fourth-order valence-corrected chi connectivity index (χ4v) is 8.08. The van der Waals surface area contributed by atoms with E-state index >= 15 is 0 Å². The highest BCUT2D eigenvalue weighted by molar-refractivity contribution is 7.92. The number of rotatable bonds is 4. The van der Waals surface area contributed by atoms with Gasteiger partial charge in [0, 0.05) is 30.6 Å². The Kier molecular flexibility index (Phi) is 6.66. The molecule has 8 heteroatoms. The first kappa shape index (κ1) is 26.3. The Hall–Kier alpha value is -2.97. The van der Waals surface area contributed by atoms with E-state index in [9.17, 15) is 8.42 Å². The van der Waals surface area contributed by atoms with E-state index in [1.165, 1.54) is 12.8 Å². The van der Waals surface area contributed by atoms with Crippen molar-refractivity contribution in [2.24, 2.45) is 23.2 Å². The second-order valence-corrected chi connectivity index (χ2v) is 14.0. The number of nitrogens with one attached hydrogen (secondary N) is 2. The fraction of sp³-hybridized carbons (Fsp3) is 0.484. The van der Waals surface area contributed by atoms with Gasteiger partial charge in [-0.05, 0) is 85.1 Å². The van der Waals surface area contributed by atoms with Gasteiger partial charge in [-0.15, -0.1) is 0 Å². The normalized spacial score (nSPS) is 23.5. The maximum Gasteiger partial charge on any atom is 0.264 e. The van der Waals surface area contributed by atoms with Crippen LogP contribution in [-0.2, 0) is 10.0 Å². The molecular formula is C31H38N4O3S. The zero-order valence-corrected chi connectivity index (χ0v) is 24.0. The summed E-state index contributed by atoms with van der Waals surface area (Å²) >= 11 is 0. The van der Waals surface area contributed by atoms with Crippen molar-refractivity contribution in [2.75, 3.05) is 24.4 Å². The molecule has 1 saturated heterocycles. The molecule has 2 N–H and O–H groups in total. The van der Waals surface area contributed by atoms with E-state index in [0.717, 1.165) is 41.8 Å². The van der Waals surface area contributed by atoms with E-state index in [-0.39, 0.29) is 22.7 Å². The number of hydrogen-bond acceptors (Lipinski definition) is 6. The van der Waals surface area contributed by atoms with Crippen LogP contribution >= 0.6 is 0 Å². The minimum absolute atomic E-state index is 0.0199. The van der Waals surface area contributed by atoms with Crippen LogP contribution in [0.3, 0.4) is 0 Å². The molecule has 4 bridgehead atoms. The number of nitrogens with zero attached hydrogens (tertiary/aromatic N) is 2. The van der Waals surface area contributed by atoms with Crippen LogP contribution in [0.5, 0.6) is 5.88 Å². The van der Waals surface area contributed by atoms with Crippen molar-refractivity contribution in [2.45, 2.75) is 57.8 Å². The molecule has 39 heavy (non-hydrogen) atoms. The van der Waals surface area contributed by atoms with Crippen molar-refractivity contribution in [3.63, 3.8) is 0 Å². The van der Waals surface area contributed by atoms with Gasteiger partial charge in [0.25, 0.3) is 10.0 Å². The summed E-state index contributed by atoms with van der Waals surface area (Å²) in [4.78, 5) is 9.40. The second kappa shape index (κ2) is 9.89. The third-order valence-electron chi connectivity index (χ3n) is 8.84. The molecule has 2 atom stereocenters. The molecule has 2 aliphatic heterocycles. The topological polar surface area (TPSA) is 93.2 Å². The monoisotopic (exact) mass is 546 g/mol. The van der Waals surface area contributed by atoms with Gasteiger partial charge in [-0.2, -0.15) is 4.98 Å². The van der Waals surface area contributed by atoms with Crippen LogP contribution in [0.2, 0.25) is 0 Å². The zero-order chi connectivity index (χ0) is 27.4. The molecule has 1 spiro atoms. The van der Waals surface area contributed by atoms with Crippen LogP contribution in [-0.4, -0.2) is 38.1 Å². The Morgan fingerprint density at radius 1 is 1.03 bits per heavy atom. The van der Waals surface area contributed by atoms with Gasteiger partial charge in [0.2, 0.25) is 11.8 Å². The number of aromatic nitrogens is 2. The molecule has 0 amide bonds. The van der Waals surface area contributed by atoms with Gasteiger partial charge >= 0.3 is 0 Å². The lowest BCUT2D eigenvalue weighted by Crippen LogP contribution is -2.61. The average Bonchev–Trinajstić information content (AvgIpc) is 2.82. The van der Waals surface area contributed by atoms with Crippen LogP contribution in [0.25, 0.3) is 11.3 Å². The molecule has 7 nitrogen and oxygen atoms in total. The highest BCUT2D eigenvalue weighted by atomic mass is 32.2. The van der Waals surface area contributed by atoms with Crippen molar-refractivity contribution < 1.29 is 13.2 Å². The lowest BCUT2D eigenvalue weighted by atomic mass is 9.52. The molecule has 2 aromatic carbocycles. The summed E-state index contributed by atoms with van der Waals surface area (Å²) in [5.74, 6) is 1.84. The maximum atomic E-state index is 13.6. The first-order valence-electron chi connectivity index (χ1n) is 14.0. The van der Waals surface area contributed by atoms with E-state index in [4.69, 9.17) is 4.74 Å². The van der Waals surface area contributed by atoms with Crippen LogP contribution in [0, 0.1) is 37.0 Å². The summed E-state index contributed by atoms with van der Waals surface area (Å²) in [5, 5.41) is 3.45. The smallest absolute Gasteiger partial charge is 0.264 e. The number of benzene rings is 2. The fourth-order valence-electron chi connectivity index (χ4n) is 7.08. The zero-order valence-electron chi connectivity index (χ0n) is 23.2. The molecule has 1 unspecified atom stereocenters. The van der Waals surface area contributed by atoms with Gasteiger partial charge in [0.05, 0.1) is 17.2 Å². The number of ether oxygens (including phenoxy) is 1. The summed E-state index contributed by atoms with van der Waals surface area (Å²) in [6.45, 7) is 11.3. The predicted octanol–water partition coefficient (Wildman–Crippen LogP) is 5.70. The number of fused-ring (bicyclic) bond motifs is 4. The molecule has 3 aliphatic rings. The van der Waals surface area contributed by atoms with Crippen molar-refractivity contribution in [3.05, 3.63) is 65.2 Å². The standard InChI is InChI=1S/C31H38N4O3S/c1-19(2)11-23-16-38-27-13-26(28-20(3)7-5-8-21(28)4)33-30(34-27)35-39(36,37)25-10-6-9-22(12-25)29(23)24-14-31(15-24)17-32-18-31/h5-10,12-13,19,23-24,29,32H,11,14-18H2,1-4H3,(H,33,34,35)/t23-,29?/m1/s1.